The first-order valence-electron chi connectivity index (χ1n) is 11.8. The summed E-state index contributed by atoms with van der Waals surface area (Å²) in [5.74, 6) is -2.25. The smallest absolute Gasteiger partial charge is 0.437 e. The summed E-state index contributed by atoms with van der Waals surface area (Å²) in [4.78, 5) is 42.0. The third kappa shape index (κ3) is 7.70. The van der Waals surface area contributed by atoms with Crippen molar-refractivity contribution in [1.29, 1.82) is 0 Å². The summed E-state index contributed by atoms with van der Waals surface area (Å²) in [5, 5.41) is 2.59. The van der Waals surface area contributed by atoms with Crippen LogP contribution in [0.3, 0.4) is 0 Å². The molecule has 0 bridgehead atoms. The number of likely N-dealkylation sites (tertiary alicyclic amines) is 1. The molecule has 1 fully saturated rings. The average molecular weight is 553 g/mol. The van der Waals surface area contributed by atoms with Crippen molar-refractivity contribution in [2.45, 2.75) is 51.3 Å². The minimum Gasteiger partial charge on any atom is -0.442 e. The molecule has 12 heteroatoms. The number of carbonyl (C=O) groups excluding carboxylic acids is 3. The van der Waals surface area contributed by atoms with Crippen molar-refractivity contribution in [3.8, 4) is 0 Å². The number of rotatable bonds is 3. The van der Waals surface area contributed by atoms with E-state index in [0.717, 1.165) is 6.07 Å². The van der Waals surface area contributed by atoms with E-state index in [4.69, 9.17) is 22.1 Å². The number of amides is 3. The Labute approximate surface area is 223 Å². The van der Waals surface area contributed by atoms with E-state index in [1.807, 2.05) is 0 Å². The van der Waals surface area contributed by atoms with Crippen molar-refractivity contribution < 1.29 is 32.3 Å². The quantitative estimate of drug-likeness (QED) is 0.393. The Bertz CT molecular complexity index is 1230. The summed E-state index contributed by atoms with van der Waals surface area (Å²) in [6, 6.07) is 9.68. The molecular formula is C26H28ClF3N4O4. The molecule has 0 unspecified atom stereocenters. The third-order valence-corrected chi connectivity index (χ3v) is 6.03. The number of guanidine groups is 1. The first-order chi connectivity index (χ1) is 17.6. The molecule has 8 nitrogen and oxygen atoms in total. The maximum atomic E-state index is 14.0. The predicted octanol–water partition coefficient (Wildman–Crippen LogP) is 5.36. The van der Waals surface area contributed by atoms with E-state index < -0.39 is 41.2 Å². The van der Waals surface area contributed by atoms with Gasteiger partial charge in [0.2, 0.25) is 5.96 Å². The number of nitrogens with two attached hydrogens (primary N) is 1. The van der Waals surface area contributed by atoms with Crippen LogP contribution in [-0.4, -0.2) is 47.5 Å². The number of hydrogen-bond acceptors (Lipinski definition) is 4. The van der Waals surface area contributed by atoms with E-state index in [-0.39, 0.29) is 30.1 Å². The summed E-state index contributed by atoms with van der Waals surface area (Å²) < 4.78 is 46.9. The van der Waals surface area contributed by atoms with E-state index in [0.29, 0.717) is 23.4 Å². The maximum absolute atomic E-state index is 14.0. The Morgan fingerprint density at radius 2 is 1.61 bits per heavy atom. The van der Waals surface area contributed by atoms with E-state index in [9.17, 15) is 27.6 Å². The minimum atomic E-state index is -4.72. The summed E-state index contributed by atoms with van der Waals surface area (Å²) in [7, 11) is 0. The number of nitrogens with one attached hydrogen (secondary N) is 1. The van der Waals surface area contributed by atoms with Gasteiger partial charge in [-0.3, -0.25) is 14.9 Å². The van der Waals surface area contributed by atoms with Crippen LogP contribution in [0.5, 0.6) is 0 Å². The summed E-state index contributed by atoms with van der Waals surface area (Å²) in [6.45, 7) is 5.39. The summed E-state index contributed by atoms with van der Waals surface area (Å²) >= 11 is 5.86. The molecule has 2 aromatic rings. The molecular weight excluding hydrogens is 525 g/mol. The zero-order chi connectivity index (χ0) is 28.3. The zero-order valence-electron chi connectivity index (χ0n) is 21.1. The molecule has 2 aromatic carbocycles. The van der Waals surface area contributed by atoms with Crippen molar-refractivity contribution in [3.05, 3.63) is 69.7 Å². The standard InChI is InChI=1S/C26H28ClF3N4O4/c1-25(2,3)38-24(37)33-23(31)32-21(35)17-6-9-19(20(14-17)26(28,29)30)15-10-12-34(13-11-15)22(36)16-4-7-18(27)8-5-16/h4-9,14-15H,10-13H2,1-3H3,(H3,31,32,33,35,37). The molecule has 0 spiro atoms. The van der Waals surface area contributed by atoms with Crippen molar-refractivity contribution in [3.63, 3.8) is 0 Å². The van der Waals surface area contributed by atoms with Crippen molar-refractivity contribution >= 4 is 35.5 Å². The number of ether oxygens (including phenoxy) is 1. The molecule has 3 amide bonds. The van der Waals surface area contributed by atoms with E-state index in [1.54, 1.807) is 49.9 Å². The van der Waals surface area contributed by atoms with Gasteiger partial charge in [-0.15, -0.1) is 4.99 Å². The summed E-state index contributed by atoms with van der Waals surface area (Å²) in [6.07, 6.45) is -5.13. The number of hydrogen-bond donors (Lipinski definition) is 2. The molecule has 0 aromatic heterocycles. The van der Waals surface area contributed by atoms with Crippen LogP contribution in [-0.2, 0) is 10.9 Å². The van der Waals surface area contributed by atoms with Crippen molar-refractivity contribution in [2.24, 2.45) is 10.7 Å². The van der Waals surface area contributed by atoms with Gasteiger partial charge in [-0.1, -0.05) is 17.7 Å². The average Bonchev–Trinajstić information content (AvgIpc) is 2.82. The van der Waals surface area contributed by atoms with Crippen LogP contribution in [0.1, 0.15) is 71.4 Å². The molecule has 3 rings (SSSR count). The van der Waals surface area contributed by atoms with Gasteiger partial charge in [0, 0.05) is 29.2 Å². The minimum absolute atomic E-state index is 0.0445. The van der Waals surface area contributed by atoms with Crippen LogP contribution in [0, 0.1) is 0 Å². The molecule has 1 heterocycles. The highest BCUT2D eigenvalue weighted by molar-refractivity contribution is 6.30. The molecule has 1 aliphatic rings. The second kappa shape index (κ2) is 11.4. The lowest BCUT2D eigenvalue weighted by Crippen LogP contribution is -2.38. The molecule has 1 aliphatic heterocycles. The molecule has 204 valence electrons. The fourth-order valence-electron chi connectivity index (χ4n) is 4.07. The van der Waals surface area contributed by atoms with Gasteiger partial charge in [0.25, 0.3) is 11.8 Å². The first-order valence-corrected chi connectivity index (χ1v) is 12.2. The third-order valence-electron chi connectivity index (χ3n) is 5.78. The van der Waals surface area contributed by atoms with Crippen LogP contribution in [0.2, 0.25) is 5.02 Å². The second-order valence-corrected chi connectivity index (χ2v) is 10.2. The van der Waals surface area contributed by atoms with Crippen LogP contribution in [0.4, 0.5) is 18.0 Å². The van der Waals surface area contributed by atoms with Gasteiger partial charge in [-0.25, -0.2) is 4.79 Å². The lowest BCUT2D eigenvalue weighted by atomic mass is 9.85. The Morgan fingerprint density at radius 1 is 1.03 bits per heavy atom. The monoisotopic (exact) mass is 552 g/mol. The van der Waals surface area contributed by atoms with E-state index in [1.165, 1.54) is 12.1 Å². The molecule has 0 atom stereocenters. The molecule has 0 saturated carbocycles. The van der Waals surface area contributed by atoms with Crippen LogP contribution >= 0.6 is 11.6 Å². The van der Waals surface area contributed by atoms with Gasteiger partial charge in [0.05, 0.1) is 5.56 Å². The van der Waals surface area contributed by atoms with Gasteiger partial charge in [0.1, 0.15) is 5.60 Å². The highest BCUT2D eigenvalue weighted by Gasteiger charge is 2.37. The molecule has 0 aliphatic carbocycles. The van der Waals surface area contributed by atoms with Crippen molar-refractivity contribution in [2.75, 3.05) is 13.1 Å². The number of piperidine rings is 1. The number of alkyl halides is 3. The molecule has 0 radical (unpaired) electrons. The number of carbonyl (C=O) groups is 3. The second-order valence-electron chi connectivity index (χ2n) is 9.80. The first kappa shape index (κ1) is 29.0. The Balaban J connectivity index is 1.73. The SMILES string of the molecule is CC(C)(C)OC(=O)/N=C(/N)NC(=O)c1ccc(C2CCN(C(=O)c3ccc(Cl)cc3)CC2)c(C(F)(F)F)c1. The number of benzene rings is 2. The Hall–Kier alpha value is -3.60. The number of nitrogens with zero attached hydrogens (tertiary/aromatic N) is 2. The number of halogens is 4. The number of aliphatic imine (C=N–C) groups is 1. The fourth-order valence-corrected chi connectivity index (χ4v) is 4.19. The molecule has 3 N–H and O–H groups in total. The lowest BCUT2D eigenvalue weighted by molar-refractivity contribution is -0.138. The largest absolute Gasteiger partial charge is 0.442 e. The maximum Gasteiger partial charge on any atom is 0.437 e. The highest BCUT2D eigenvalue weighted by atomic mass is 35.5. The fraction of sp³-hybridized carbons (Fsp3) is 0.385. The zero-order valence-corrected chi connectivity index (χ0v) is 21.8. The van der Waals surface area contributed by atoms with Gasteiger partial charge in [-0.05, 0) is 81.5 Å². The van der Waals surface area contributed by atoms with E-state index in [2.05, 4.69) is 10.3 Å². The Kier molecular flexibility index (Phi) is 8.71. The highest BCUT2D eigenvalue weighted by Crippen LogP contribution is 2.39. The predicted molar refractivity (Wildman–Crippen MR) is 136 cm³/mol. The lowest BCUT2D eigenvalue weighted by Gasteiger charge is -2.33. The van der Waals surface area contributed by atoms with Gasteiger partial charge in [-0.2, -0.15) is 13.2 Å². The van der Waals surface area contributed by atoms with Gasteiger partial charge < -0.3 is 15.4 Å². The Morgan fingerprint density at radius 3 is 2.16 bits per heavy atom. The normalized spacial score (nSPS) is 15.2. The summed E-state index contributed by atoms with van der Waals surface area (Å²) in [5.41, 5.74) is 3.94. The molecule has 38 heavy (non-hydrogen) atoms. The van der Waals surface area contributed by atoms with Gasteiger partial charge in [0.15, 0.2) is 0 Å². The molecule has 1 saturated heterocycles. The van der Waals surface area contributed by atoms with Crippen LogP contribution in [0.25, 0.3) is 0 Å². The van der Waals surface area contributed by atoms with E-state index >= 15 is 0 Å². The topological polar surface area (TPSA) is 114 Å². The van der Waals surface area contributed by atoms with Crippen LogP contribution in [0.15, 0.2) is 47.5 Å². The van der Waals surface area contributed by atoms with Crippen LogP contribution < -0.4 is 11.1 Å². The van der Waals surface area contributed by atoms with Gasteiger partial charge >= 0.3 is 12.3 Å². The van der Waals surface area contributed by atoms with Crippen molar-refractivity contribution in [1.82, 2.24) is 10.2 Å².